The topological polar surface area (TPSA) is 62.3 Å². The van der Waals surface area contributed by atoms with Crippen molar-refractivity contribution in [2.75, 3.05) is 18.4 Å². The molecule has 1 saturated heterocycles. The predicted molar refractivity (Wildman–Crippen MR) is 118 cm³/mol. The summed E-state index contributed by atoms with van der Waals surface area (Å²) in [5.74, 6) is -0.178. The Labute approximate surface area is 174 Å². The van der Waals surface area contributed by atoms with E-state index >= 15 is 0 Å². The summed E-state index contributed by atoms with van der Waals surface area (Å²) in [5.41, 5.74) is 3.81. The Morgan fingerprint density at radius 3 is 2.45 bits per heavy atom. The monoisotopic (exact) mass is 407 g/mol. The van der Waals surface area contributed by atoms with Gasteiger partial charge >= 0.3 is 11.8 Å². The minimum atomic E-state index is -0.575. The Morgan fingerprint density at radius 1 is 1.07 bits per heavy atom. The molecule has 0 saturated carbocycles. The molecule has 3 aromatic rings. The number of aryl methyl sites for hydroxylation is 1. The quantitative estimate of drug-likeness (QED) is 0.626. The van der Waals surface area contributed by atoms with E-state index in [-0.39, 0.29) is 0 Å². The highest BCUT2D eigenvalue weighted by atomic mass is 32.1. The van der Waals surface area contributed by atoms with E-state index in [1.54, 1.807) is 16.2 Å². The number of hydrogen-bond donors (Lipinski definition) is 1. The van der Waals surface area contributed by atoms with Gasteiger partial charge in [-0.05, 0) is 67.1 Å². The summed E-state index contributed by atoms with van der Waals surface area (Å²) in [6.45, 7) is 7.61. The zero-order chi connectivity index (χ0) is 20.5. The van der Waals surface area contributed by atoms with Crippen molar-refractivity contribution in [2.24, 2.45) is 11.8 Å². The largest absolute Gasteiger partial charge is 0.334 e. The first-order chi connectivity index (χ1) is 13.9. The number of aromatic nitrogens is 1. The lowest BCUT2D eigenvalue weighted by atomic mass is 9.92. The summed E-state index contributed by atoms with van der Waals surface area (Å²) >= 11 is 1.65. The molecule has 6 heteroatoms. The molecule has 2 aromatic carbocycles. The van der Waals surface area contributed by atoms with Crippen LogP contribution in [0.5, 0.6) is 0 Å². The van der Waals surface area contributed by atoms with E-state index in [0.29, 0.717) is 30.6 Å². The Kier molecular flexibility index (Phi) is 5.37. The van der Waals surface area contributed by atoms with E-state index in [2.05, 4.69) is 43.2 Å². The van der Waals surface area contributed by atoms with Crippen LogP contribution in [0.4, 0.5) is 5.69 Å². The summed E-state index contributed by atoms with van der Waals surface area (Å²) in [5, 5.41) is 3.67. The van der Waals surface area contributed by atoms with Crippen LogP contribution >= 0.6 is 11.3 Å². The molecule has 2 unspecified atom stereocenters. The SMILES string of the molecule is Cc1ccc2nc(-c3ccc(NC(=O)C(=O)N4CC(C)CC(C)C4)cc3)sc2c1. The van der Waals surface area contributed by atoms with Crippen molar-refractivity contribution in [3.63, 3.8) is 0 Å². The van der Waals surface area contributed by atoms with Crippen LogP contribution in [0.3, 0.4) is 0 Å². The van der Waals surface area contributed by atoms with Crippen molar-refractivity contribution in [2.45, 2.75) is 27.2 Å². The molecule has 4 rings (SSSR count). The molecule has 0 spiro atoms. The molecule has 5 nitrogen and oxygen atoms in total. The first-order valence-electron chi connectivity index (χ1n) is 9.97. The number of nitrogens with zero attached hydrogens (tertiary/aromatic N) is 2. The normalized spacial score (nSPS) is 19.3. The van der Waals surface area contributed by atoms with Crippen LogP contribution in [0.1, 0.15) is 25.8 Å². The van der Waals surface area contributed by atoms with Gasteiger partial charge in [0.25, 0.3) is 0 Å². The fourth-order valence-corrected chi connectivity index (χ4v) is 5.08. The lowest BCUT2D eigenvalue weighted by Gasteiger charge is -2.34. The lowest BCUT2D eigenvalue weighted by Crippen LogP contribution is -2.47. The molecule has 1 fully saturated rings. The van der Waals surface area contributed by atoms with Gasteiger partial charge in [0, 0.05) is 24.3 Å². The maximum absolute atomic E-state index is 12.5. The molecule has 1 aliphatic heterocycles. The molecule has 1 N–H and O–H groups in total. The molecule has 0 aliphatic carbocycles. The Balaban J connectivity index is 1.44. The van der Waals surface area contributed by atoms with Gasteiger partial charge in [0.2, 0.25) is 0 Å². The van der Waals surface area contributed by atoms with Gasteiger partial charge in [0.1, 0.15) is 5.01 Å². The number of nitrogens with one attached hydrogen (secondary N) is 1. The third kappa shape index (κ3) is 4.32. The highest BCUT2D eigenvalue weighted by molar-refractivity contribution is 7.21. The average Bonchev–Trinajstić information content (AvgIpc) is 3.10. The number of benzene rings is 2. The van der Waals surface area contributed by atoms with Crippen LogP contribution in [0.15, 0.2) is 42.5 Å². The number of amides is 2. The van der Waals surface area contributed by atoms with Gasteiger partial charge in [0.05, 0.1) is 10.2 Å². The van der Waals surface area contributed by atoms with Crippen LogP contribution in [0.25, 0.3) is 20.8 Å². The van der Waals surface area contributed by atoms with E-state index in [9.17, 15) is 9.59 Å². The van der Waals surface area contributed by atoms with Crippen molar-refractivity contribution in [3.05, 3.63) is 48.0 Å². The first kappa shape index (κ1) is 19.6. The molecule has 2 heterocycles. The smallest absolute Gasteiger partial charge is 0.313 e. The summed E-state index contributed by atoms with van der Waals surface area (Å²) in [6, 6.07) is 13.7. The summed E-state index contributed by atoms with van der Waals surface area (Å²) in [7, 11) is 0. The van der Waals surface area contributed by atoms with Gasteiger partial charge in [0.15, 0.2) is 0 Å². The van der Waals surface area contributed by atoms with Gasteiger partial charge in [-0.25, -0.2) is 4.98 Å². The molecule has 1 aliphatic rings. The second kappa shape index (κ2) is 7.95. The van der Waals surface area contributed by atoms with Crippen LogP contribution in [-0.2, 0) is 9.59 Å². The zero-order valence-corrected chi connectivity index (χ0v) is 17.8. The van der Waals surface area contributed by atoms with E-state index in [1.165, 1.54) is 5.56 Å². The van der Waals surface area contributed by atoms with E-state index < -0.39 is 11.8 Å². The molecule has 2 amide bonds. The third-order valence-corrected chi connectivity index (χ3v) is 6.35. The number of rotatable bonds is 2. The number of hydrogen-bond acceptors (Lipinski definition) is 4. The minimum absolute atomic E-state index is 0.424. The van der Waals surface area contributed by atoms with Gasteiger partial charge in [-0.3, -0.25) is 9.59 Å². The van der Waals surface area contributed by atoms with Crippen molar-refractivity contribution in [1.29, 1.82) is 0 Å². The molecule has 0 bridgehead atoms. The number of piperidine rings is 1. The second-order valence-corrected chi connectivity index (χ2v) is 9.21. The number of fused-ring (bicyclic) bond motifs is 1. The third-order valence-electron chi connectivity index (χ3n) is 5.28. The van der Waals surface area contributed by atoms with Crippen molar-refractivity contribution < 1.29 is 9.59 Å². The van der Waals surface area contributed by atoms with E-state index in [0.717, 1.165) is 27.2 Å². The van der Waals surface area contributed by atoms with Crippen LogP contribution in [0.2, 0.25) is 0 Å². The Hall–Kier alpha value is -2.73. The van der Waals surface area contributed by atoms with Gasteiger partial charge in [-0.15, -0.1) is 11.3 Å². The number of carbonyl (C=O) groups is 2. The van der Waals surface area contributed by atoms with Crippen LogP contribution in [0, 0.1) is 18.8 Å². The molecular weight excluding hydrogens is 382 g/mol. The highest BCUT2D eigenvalue weighted by Gasteiger charge is 2.29. The zero-order valence-electron chi connectivity index (χ0n) is 16.9. The maximum Gasteiger partial charge on any atom is 0.313 e. The highest BCUT2D eigenvalue weighted by Crippen LogP contribution is 2.31. The molecule has 1 aromatic heterocycles. The van der Waals surface area contributed by atoms with Crippen molar-refractivity contribution >= 4 is 39.1 Å². The number of carbonyl (C=O) groups excluding carboxylic acids is 2. The van der Waals surface area contributed by atoms with Crippen molar-refractivity contribution in [1.82, 2.24) is 9.88 Å². The fourth-order valence-electron chi connectivity index (χ4n) is 4.01. The fraction of sp³-hybridized carbons (Fsp3) is 0.348. The molecule has 150 valence electrons. The Morgan fingerprint density at radius 2 is 1.76 bits per heavy atom. The van der Waals surface area contributed by atoms with Gasteiger partial charge < -0.3 is 10.2 Å². The van der Waals surface area contributed by atoms with E-state index in [1.807, 2.05) is 30.3 Å². The molecule has 29 heavy (non-hydrogen) atoms. The summed E-state index contributed by atoms with van der Waals surface area (Å²) in [4.78, 5) is 31.3. The maximum atomic E-state index is 12.5. The molecule has 0 radical (unpaired) electrons. The van der Waals surface area contributed by atoms with E-state index in [4.69, 9.17) is 0 Å². The molecule has 2 atom stereocenters. The summed E-state index contributed by atoms with van der Waals surface area (Å²) < 4.78 is 1.16. The number of thiazole rings is 1. The second-order valence-electron chi connectivity index (χ2n) is 8.18. The standard InChI is InChI=1S/C23H25N3O2S/c1-14-4-9-19-20(11-14)29-22(25-19)17-5-7-18(8-6-17)24-21(27)23(28)26-12-15(2)10-16(3)13-26/h4-9,11,15-16H,10,12-13H2,1-3H3,(H,24,27). The van der Waals surface area contributed by atoms with Crippen LogP contribution in [-0.4, -0.2) is 34.8 Å². The van der Waals surface area contributed by atoms with Crippen molar-refractivity contribution in [3.8, 4) is 10.6 Å². The van der Waals surface area contributed by atoms with Gasteiger partial charge in [-0.1, -0.05) is 19.9 Å². The summed E-state index contributed by atoms with van der Waals surface area (Å²) in [6.07, 6.45) is 1.10. The first-order valence-corrected chi connectivity index (χ1v) is 10.8. The van der Waals surface area contributed by atoms with Gasteiger partial charge in [-0.2, -0.15) is 0 Å². The van der Waals surface area contributed by atoms with Crippen LogP contribution < -0.4 is 5.32 Å². The average molecular weight is 408 g/mol. The molecular formula is C23H25N3O2S. The Bertz CT molecular complexity index is 1050. The number of likely N-dealkylation sites (tertiary alicyclic amines) is 1. The lowest BCUT2D eigenvalue weighted by molar-refractivity contribution is -0.144. The minimum Gasteiger partial charge on any atom is -0.334 e. The number of anilines is 1. The predicted octanol–water partition coefficient (Wildman–Crippen LogP) is 4.71.